The van der Waals surface area contributed by atoms with E-state index in [0.717, 1.165) is 12.0 Å². The summed E-state index contributed by atoms with van der Waals surface area (Å²) >= 11 is 0. The zero-order chi connectivity index (χ0) is 40.2. The van der Waals surface area contributed by atoms with Gasteiger partial charge in [-0.2, -0.15) is 8.78 Å². The minimum absolute atomic E-state index is 0.0122. The van der Waals surface area contributed by atoms with Crippen molar-refractivity contribution in [2.45, 2.75) is 65.3 Å². The van der Waals surface area contributed by atoms with Gasteiger partial charge in [0, 0.05) is 31.0 Å². The summed E-state index contributed by atoms with van der Waals surface area (Å²) in [7, 11) is 0. The Balaban J connectivity index is 1.69. The molecule has 0 bridgehead atoms. The maximum Gasteiger partial charge on any atom is 0.313 e. The molecule has 5 N–H and O–H groups in total. The first-order valence-electron chi connectivity index (χ1n) is 17.4. The van der Waals surface area contributed by atoms with Crippen LogP contribution < -0.4 is 26.4 Å². The number of Topliss-reactive ketones (excluding diaryl/α,β-unsaturated/α-hetero) is 1. The van der Waals surface area contributed by atoms with E-state index in [0.29, 0.717) is 12.1 Å². The summed E-state index contributed by atoms with van der Waals surface area (Å²) < 4.78 is 86.9. The fraction of sp³-hybridized carbons (Fsp3) is 0.528. The van der Waals surface area contributed by atoms with E-state index in [9.17, 15) is 45.9 Å². The average molecular weight is 775 g/mol. The first-order valence-corrected chi connectivity index (χ1v) is 17.4. The third-order valence-electron chi connectivity index (χ3n) is 7.86. The van der Waals surface area contributed by atoms with Crippen LogP contribution in [0.15, 0.2) is 24.3 Å². The number of benzene rings is 2. The highest BCUT2D eigenvalue weighted by Gasteiger charge is 2.30. The predicted octanol–water partition coefficient (Wildman–Crippen LogP) is 4.48. The SMILES string of the molecule is CCc1ccc(NC(=O)[C@H](CCCNC(N)=O)CC(=O)[C@@H](NC(=O)CCOCCOCCOCCC(=O)Oc2c(F)c(F)c(F)c(F)c2F)C(C)C)cc1. The van der Waals surface area contributed by atoms with Crippen LogP contribution in [0.4, 0.5) is 32.4 Å². The Hall–Kier alpha value is -4.68. The highest BCUT2D eigenvalue weighted by molar-refractivity contribution is 5.97. The van der Waals surface area contributed by atoms with Gasteiger partial charge in [-0.1, -0.05) is 32.9 Å². The monoisotopic (exact) mass is 774 g/mol. The Morgan fingerprint density at radius 2 is 1.30 bits per heavy atom. The Morgan fingerprint density at radius 3 is 1.83 bits per heavy atom. The summed E-state index contributed by atoms with van der Waals surface area (Å²) in [5.41, 5.74) is 6.81. The van der Waals surface area contributed by atoms with E-state index in [4.69, 9.17) is 19.9 Å². The number of carbonyl (C=O) groups is 5. The second-order valence-corrected chi connectivity index (χ2v) is 12.3. The molecule has 2 aromatic rings. The molecule has 54 heavy (non-hydrogen) atoms. The molecule has 0 radical (unpaired) electrons. The minimum atomic E-state index is -2.38. The van der Waals surface area contributed by atoms with Crippen LogP contribution in [0.3, 0.4) is 0 Å². The van der Waals surface area contributed by atoms with Crippen LogP contribution in [0.5, 0.6) is 5.75 Å². The van der Waals surface area contributed by atoms with Gasteiger partial charge in [0.25, 0.3) is 0 Å². The number of urea groups is 1. The van der Waals surface area contributed by atoms with Gasteiger partial charge in [-0.15, -0.1) is 0 Å². The number of anilines is 1. The number of halogens is 5. The molecule has 4 amide bonds. The zero-order valence-corrected chi connectivity index (χ0v) is 30.4. The number of nitrogens with two attached hydrogens (primary N) is 1. The molecule has 18 heteroatoms. The van der Waals surface area contributed by atoms with Gasteiger partial charge in [-0.05, 0) is 42.9 Å². The number of rotatable bonds is 25. The fourth-order valence-corrected chi connectivity index (χ4v) is 4.89. The highest BCUT2D eigenvalue weighted by Crippen LogP contribution is 2.29. The number of ether oxygens (including phenoxy) is 4. The largest absolute Gasteiger partial charge is 0.420 e. The number of amides is 4. The molecule has 0 aliphatic carbocycles. The molecule has 0 unspecified atom stereocenters. The summed E-state index contributed by atoms with van der Waals surface area (Å²) in [6.07, 6.45) is 0.774. The van der Waals surface area contributed by atoms with Crippen LogP contribution in [0, 0.1) is 40.9 Å². The second kappa shape index (κ2) is 23.9. The van der Waals surface area contributed by atoms with Gasteiger partial charge in [-0.3, -0.25) is 19.2 Å². The molecular weight excluding hydrogens is 727 g/mol. The van der Waals surface area contributed by atoms with Crippen molar-refractivity contribution in [2.24, 2.45) is 17.6 Å². The van der Waals surface area contributed by atoms with Gasteiger partial charge >= 0.3 is 12.0 Å². The Bertz CT molecular complexity index is 1530. The van der Waals surface area contributed by atoms with Crippen molar-refractivity contribution in [2.75, 3.05) is 51.5 Å². The van der Waals surface area contributed by atoms with Crippen molar-refractivity contribution < 1.29 is 64.9 Å². The standard InChI is InChI=1S/C36H47F5N4O9/c1-4-22-7-9-24(10-8-22)44-35(49)23(6-5-13-43-36(42)50)20-25(46)33(21(2)3)45-26(47)11-14-51-16-18-53-19-17-52-15-12-27(48)54-34-31(40)29(38)28(37)30(39)32(34)41/h7-10,21,23,33H,4-6,11-20H2,1-3H3,(H,44,49)(H,45,47)(H3,42,43,50)/t23-,33+/m1/s1. The Morgan fingerprint density at radius 1 is 0.759 bits per heavy atom. The van der Waals surface area contributed by atoms with Crippen molar-refractivity contribution >= 4 is 35.3 Å². The number of primary amides is 1. The lowest BCUT2D eigenvalue weighted by Gasteiger charge is -2.24. The molecule has 0 aromatic heterocycles. The van der Waals surface area contributed by atoms with Gasteiger partial charge in [-0.25, -0.2) is 18.0 Å². The lowest BCUT2D eigenvalue weighted by Crippen LogP contribution is -2.45. The van der Waals surface area contributed by atoms with Crippen molar-refractivity contribution in [3.05, 3.63) is 58.9 Å². The van der Waals surface area contributed by atoms with Crippen LogP contribution >= 0.6 is 0 Å². The number of aryl methyl sites for hydroxylation is 1. The maximum absolute atomic E-state index is 13.6. The van der Waals surface area contributed by atoms with Gasteiger partial charge in [0.15, 0.2) is 5.78 Å². The molecule has 0 aliphatic heterocycles. The van der Waals surface area contributed by atoms with E-state index >= 15 is 0 Å². The van der Waals surface area contributed by atoms with E-state index in [-0.39, 0.29) is 83.1 Å². The molecule has 2 atom stereocenters. The van der Waals surface area contributed by atoms with E-state index in [2.05, 4.69) is 20.7 Å². The third kappa shape index (κ3) is 15.7. The molecule has 2 rings (SSSR count). The zero-order valence-electron chi connectivity index (χ0n) is 30.4. The summed E-state index contributed by atoms with van der Waals surface area (Å²) in [5.74, 6) is -16.5. The Kier molecular flexibility index (Phi) is 20.1. The number of ketones is 1. The number of hydrogen-bond acceptors (Lipinski definition) is 9. The molecule has 0 fully saturated rings. The molecule has 0 saturated carbocycles. The average Bonchev–Trinajstić information content (AvgIpc) is 3.14. The number of nitrogens with one attached hydrogen (secondary N) is 3. The first-order chi connectivity index (χ1) is 25.7. The molecule has 0 saturated heterocycles. The molecule has 0 spiro atoms. The van der Waals surface area contributed by atoms with Crippen LogP contribution in [0.1, 0.15) is 58.4 Å². The Labute approximate surface area is 309 Å². The lowest BCUT2D eigenvalue weighted by molar-refractivity contribution is -0.136. The quantitative estimate of drug-likeness (QED) is 0.0282. The van der Waals surface area contributed by atoms with Gasteiger partial charge < -0.3 is 40.6 Å². The maximum atomic E-state index is 13.6. The second-order valence-electron chi connectivity index (χ2n) is 12.3. The number of hydrogen-bond donors (Lipinski definition) is 4. The first kappa shape index (κ1) is 45.5. The van der Waals surface area contributed by atoms with Gasteiger partial charge in [0.2, 0.25) is 46.6 Å². The van der Waals surface area contributed by atoms with Crippen molar-refractivity contribution in [1.82, 2.24) is 10.6 Å². The van der Waals surface area contributed by atoms with Crippen LogP contribution in [-0.2, 0) is 39.8 Å². The van der Waals surface area contributed by atoms with Crippen molar-refractivity contribution in [3.8, 4) is 5.75 Å². The van der Waals surface area contributed by atoms with Crippen LogP contribution in [0.2, 0.25) is 0 Å². The summed E-state index contributed by atoms with van der Waals surface area (Å²) in [4.78, 5) is 62.1. The topological polar surface area (TPSA) is 184 Å². The predicted molar refractivity (Wildman–Crippen MR) is 185 cm³/mol. The normalized spacial score (nSPS) is 12.2. The van der Waals surface area contributed by atoms with E-state index < -0.39 is 71.1 Å². The van der Waals surface area contributed by atoms with Crippen molar-refractivity contribution in [1.29, 1.82) is 0 Å². The fourth-order valence-electron chi connectivity index (χ4n) is 4.89. The third-order valence-corrected chi connectivity index (χ3v) is 7.86. The summed E-state index contributed by atoms with van der Waals surface area (Å²) in [6.45, 7) is 5.77. The van der Waals surface area contributed by atoms with E-state index in [1.54, 1.807) is 26.0 Å². The van der Waals surface area contributed by atoms with Crippen LogP contribution in [0.25, 0.3) is 0 Å². The molecule has 0 heterocycles. The number of carbonyl (C=O) groups excluding carboxylic acids is 5. The number of esters is 1. The van der Waals surface area contributed by atoms with E-state index in [1.807, 2.05) is 19.1 Å². The van der Waals surface area contributed by atoms with Gasteiger partial charge in [0.05, 0.1) is 52.1 Å². The van der Waals surface area contributed by atoms with Crippen LogP contribution in [-0.4, -0.2) is 81.8 Å². The summed E-state index contributed by atoms with van der Waals surface area (Å²) in [6, 6.07) is 5.79. The molecule has 13 nitrogen and oxygen atoms in total. The molecule has 0 aliphatic rings. The van der Waals surface area contributed by atoms with Crippen molar-refractivity contribution in [3.63, 3.8) is 0 Å². The smallest absolute Gasteiger partial charge is 0.313 e. The molecule has 2 aromatic carbocycles. The minimum Gasteiger partial charge on any atom is -0.420 e. The lowest BCUT2D eigenvalue weighted by atomic mass is 9.89. The summed E-state index contributed by atoms with van der Waals surface area (Å²) in [5, 5.41) is 8.04. The molecular formula is C36H47F5N4O9. The van der Waals surface area contributed by atoms with E-state index in [1.165, 1.54) is 0 Å². The molecule has 300 valence electrons. The highest BCUT2D eigenvalue weighted by atomic mass is 19.2. The van der Waals surface area contributed by atoms with Gasteiger partial charge in [0.1, 0.15) is 0 Å².